The van der Waals surface area contributed by atoms with Crippen molar-refractivity contribution in [1.29, 1.82) is 0 Å². The van der Waals surface area contributed by atoms with E-state index in [1.54, 1.807) is 12.1 Å². The number of carbonyl (C=O) groups is 1. The molecule has 1 aromatic heterocycles. The zero-order valence-electron chi connectivity index (χ0n) is 12.3. The van der Waals surface area contributed by atoms with Gasteiger partial charge < -0.3 is 10.3 Å². The molecule has 0 unspecified atom stereocenters. The van der Waals surface area contributed by atoms with Gasteiger partial charge in [-0.3, -0.25) is 14.9 Å². The molecule has 2 heterocycles. The largest absolute Gasteiger partial charge is 0.342 e. The zero-order chi connectivity index (χ0) is 16.0. The predicted molar refractivity (Wildman–Crippen MR) is 84.8 cm³/mol. The second kappa shape index (κ2) is 5.05. The van der Waals surface area contributed by atoms with Gasteiger partial charge in [0.25, 0.3) is 11.6 Å². The molecule has 2 N–H and O–H groups in total. The summed E-state index contributed by atoms with van der Waals surface area (Å²) in [5, 5.41) is 13.7. The lowest BCUT2D eigenvalue weighted by molar-refractivity contribution is -0.384. The van der Waals surface area contributed by atoms with Gasteiger partial charge in [0.1, 0.15) is 5.82 Å². The van der Waals surface area contributed by atoms with Crippen LogP contribution < -0.4 is 5.32 Å². The van der Waals surface area contributed by atoms with Crippen molar-refractivity contribution >= 4 is 28.9 Å². The third kappa shape index (κ3) is 2.30. The number of aryl methyl sites for hydroxylation is 2. The van der Waals surface area contributed by atoms with Crippen LogP contribution in [0.5, 0.6) is 0 Å². The van der Waals surface area contributed by atoms with Gasteiger partial charge >= 0.3 is 0 Å². The fourth-order valence-electron chi connectivity index (χ4n) is 3.11. The molecule has 0 spiro atoms. The number of nitro groups is 1. The Bertz CT molecular complexity index is 843. The van der Waals surface area contributed by atoms with Gasteiger partial charge in [-0.2, -0.15) is 0 Å². The van der Waals surface area contributed by atoms with Gasteiger partial charge in [0.2, 0.25) is 0 Å². The summed E-state index contributed by atoms with van der Waals surface area (Å²) in [7, 11) is 0. The normalized spacial score (nSPS) is 17.7. The van der Waals surface area contributed by atoms with Crippen molar-refractivity contribution in [2.24, 2.45) is 0 Å². The summed E-state index contributed by atoms with van der Waals surface area (Å²) in [5.74, 6) is 0.358. The first-order valence-electron chi connectivity index (χ1n) is 7.51. The molecule has 0 saturated heterocycles. The monoisotopic (exact) mass is 310 g/mol. The number of hydrogen-bond acceptors (Lipinski definition) is 4. The quantitative estimate of drug-likeness (QED) is 0.506. The molecule has 0 radical (unpaired) electrons. The first-order valence-corrected chi connectivity index (χ1v) is 7.51. The second-order valence-corrected chi connectivity index (χ2v) is 5.75. The van der Waals surface area contributed by atoms with Crippen molar-refractivity contribution in [2.45, 2.75) is 25.7 Å². The molecule has 116 valence electrons. The van der Waals surface area contributed by atoms with Crippen molar-refractivity contribution < 1.29 is 9.72 Å². The van der Waals surface area contributed by atoms with E-state index in [1.807, 2.05) is 0 Å². The lowest BCUT2D eigenvalue weighted by atomic mass is 10.0. The molecule has 1 aliphatic heterocycles. The number of nitrogens with zero attached hydrogens (tertiary/aromatic N) is 2. The number of nitrogens with one attached hydrogen (secondary N) is 2. The van der Waals surface area contributed by atoms with Crippen LogP contribution in [0.3, 0.4) is 0 Å². The second-order valence-electron chi connectivity index (χ2n) is 5.75. The number of H-pyrrole nitrogens is 1. The molecule has 23 heavy (non-hydrogen) atoms. The van der Waals surface area contributed by atoms with Gasteiger partial charge in [-0.25, -0.2) is 4.98 Å². The van der Waals surface area contributed by atoms with Gasteiger partial charge in [0.15, 0.2) is 0 Å². The van der Waals surface area contributed by atoms with E-state index in [0.717, 1.165) is 37.1 Å². The summed E-state index contributed by atoms with van der Waals surface area (Å²) in [6.07, 6.45) is 5.86. The first kappa shape index (κ1) is 13.7. The van der Waals surface area contributed by atoms with Crippen molar-refractivity contribution in [1.82, 2.24) is 9.97 Å². The maximum atomic E-state index is 12.2. The Balaban J connectivity index is 1.77. The van der Waals surface area contributed by atoms with Crippen LogP contribution in [0.2, 0.25) is 0 Å². The Hall–Kier alpha value is -2.96. The Morgan fingerprint density at radius 3 is 2.87 bits per heavy atom. The lowest BCUT2D eigenvalue weighted by Crippen LogP contribution is -2.03. The molecule has 7 nitrogen and oxygen atoms in total. The first-order chi connectivity index (χ1) is 11.1. The Kier molecular flexibility index (Phi) is 3.00. The molecule has 1 amide bonds. The smallest absolute Gasteiger partial charge is 0.270 e. The van der Waals surface area contributed by atoms with Crippen LogP contribution in [0.4, 0.5) is 11.4 Å². The summed E-state index contributed by atoms with van der Waals surface area (Å²) in [4.78, 5) is 30.4. The number of rotatable bonds is 2. The van der Waals surface area contributed by atoms with E-state index in [2.05, 4.69) is 15.3 Å². The lowest BCUT2D eigenvalue weighted by Gasteiger charge is -2.07. The summed E-state index contributed by atoms with van der Waals surface area (Å²) in [6, 6.07) is 4.36. The summed E-state index contributed by atoms with van der Waals surface area (Å²) >= 11 is 0. The standard InChI is InChI=1S/C16H14N4O3/c21-16-11(8-15-17-13-3-1-2-4-14(13)18-15)10-7-9(20(22)23)5-6-12(10)19-16/h5-8H,1-4H2,(H,17,18)(H,19,21). The summed E-state index contributed by atoms with van der Waals surface area (Å²) in [6.45, 7) is 0. The van der Waals surface area contributed by atoms with Crippen LogP contribution in [0.1, 0.15) is 35.6 Å². The number of non-ortho nitro benzene ring substituents is 1. The van der Waals surface area contributed by atoms with Gasteiger partial charge in [-0.05, 0) is 37.8 Å². The number of aromatic nitrogens is 2. The number of imidazole rings is 1. The average Bonchev–Trinajstić information content (AvgIpc) is 3.08. The van der Waals surface area contributed by atoms with E-state index in [4.69, 9.17) is 0 Å². The number of anilines is 1. The summed E-state index contributed by atoms with van der Waals surface area (Å²) < 4.78 is 0. The van der Waals surface area contributed by atoms with E-state index >= 15 is 0 Å². The van der Waals surface area contributed by atoms with Crippen LogP contribution in [-0.2, 0) is 17.6 Å². The highest BCUT2D eigenvalue weighted by Crippen LogP contribution is 2.35. The number of nitro benzene ring substituents is 1. The topological polar surface area (TPSA) is 101 Å². The molecule has 1 aliphatic carbocycles. The predicted octanol–water partition coefficient (Wildman–Crippen LogP) is 2.69. The number of fused-ring (bicyclic) bond motifs is 2. The highest BCUT2D eigenvalue weighted by atomic mass is 16.6. The minimum Gasteiger partial charge on any atom is -0.342 e. The van der Waals surface area contributed by atoms with Crippen LogP contribution in [0.15, 0.2) is 18.2 Å². The molecule has 0 fully saturated rings. The molecule has 0 bridgehead atoms. The fourth-order valence-corrected chi connectivity index (χ4v) is 3.11. The van der Waals surface area contributed by atoms with E-state index in [-0.39, 0.29) is 11.6 Å². The van der Waals surface area contributed by atoms with Gasteiger partial charge in [-0.15, -0.1) is 0 Å². The molecule has 0 atom stereocenters. The Labute approximate surface area is 131 Å². The third-order valence-corrected chi connectivity index (χ3v) is 4.25. The number of amides is 1. The van der Waals surface area contributed by atoms with Crippen molar-refractivity contribution in [2.75, 3.05) is 5.32 Å². The third-order valence-electron chi connectivity index (χ3n) is 4.25. The molecule has 7 heteroatoms. The van der Waals surface area contributed by atoms with Crippen LogP contribution in [-0.4, -0.2) is 20.8 Å². The minimum atomic E-state index is -0.466. The van der Waals surface area contributed by atoms with Crippen molar-refractivity contribution in [3.63, 3.8) is 0 Å². The molecule has 4 rings (SSSR count). The molecular formula is C16H14N4O3. The average molecular weight is 310 g/mol. The number of aromatic amines is 1. The highest BCUT2D eigenvalue weighted by Gasteiger charge is 2.27. The summed E-state index contributed by atoms with van der Waals surface area (Å²) in [5.41, 5.74) is 3.67. The number of carbonyl (C=O) groups excluding carboxylic acids is 1. The Morgan fingerprint density at radius 1 is 1.26 bits per heavy atom. The van der Waals surface area contributed by atoms with E-state index < -0.39 is 4.92 Å². The molecular weight excluding hydrogens is 296 g/mol. The van der Waals surface area contributed by atoms with Crippen molar-refractivity contribution in [3.05, 3.63) is 51.1 Å². The Morgan fingerprint density at radius 2 is 2.09 bits per heavy atom. The maximum absolute atomic E-state index is 12.2. The number of hydrogen-bond donors (Lipinski definition) is 2. The van der Waals surface area contributed by atoms with Gasteiger partial charge in [0.05, 0.1) is 16.2 Å². The van der Waals surface area contributed by atoms with Gasteiger partial charge in [0, 0.05) is 29.1 Å². The number of benzene rings is 1. The molecule has 2 aromatic rings. The SMILES string of the molecule is O=C1Nc2ccc([N+](=O)[O-])cc2C1=Cc1nc2c([nH]1)CCCC2. The van der Waals surface area contributed by atoms with Gasteiger partial charge in [-0.1, -0.05) is 0 Å². The fraction of sp³-hybridized carbons (Fsp3) is 0.250. The highest BCUT2D eigenvalue weighted by molar-refractivity contribution is 6.34. The minimum absolute atomic E-state index is 0.0371. The van der Waals surface area contributed by atoms with E-state index in [0.29, 0.717) is 22.6 Å². The van der Waals surface area contributed by atoms with Crippen molar-refractivity contribution in [3.8, 4) is 0 Å². The van der Waals surface area contributed by atoms with Crippen LogP contribution >= 0.6 is 0 Å². The zero-order valence-corrected chi connectivity index (χ0v) is 12.3. The van der Waals surface area contributed by atoms with Crippen LogP contribution in [0, 0.1) is 10.1 Å². The van der Waals surface area contributed by atoms with Crippen LogP contribution in [0.25, 0.3) is 11.6 Å². The molecule has 1 aromatic carbocycles. The van der Waals surface area contributed by atoms with E-state index in [9.17, 15) is 14.9 Å². The molecule has 0 saturated carbocycles. The maximum Gasteiger partial charge on any atom is 0.270 e. The molecule has 2 aliphatic rings. The van der Waals surface area contributed by atoms with E-state index in [1.165, 1.54) is 12.1 Å².